The molecule has 4 rings (SSSR count). The van der Waals surface area contributed by atoms with Crippen LogP contribution in [0.15, 0.2) is 114 Å². The van der Waals surface area contributed by atoms with Gasteiger partial charge in [0, 0.05) is 5.38 Å². The van der Waals surface area contributed by atoms with E-state index in [-0.39, 0.29) is 38.3 Å². The summed E-state index contributed by atoms with van der Waals surface area (Å²) in [6.07, 6.45) is 3.38. The van der Waals surface area contributed by atoms with Crippen LogP contribution in [0.3, 0.4) is 0 Å². The second-order valence-corrected chi connectivity index (χ2v) is 12.5. The van der Waals surface area contributed by atoms with Gasteiger partial charge in [-0.3, -0.25) is 4.57 Å². The van der Waals surface area contributed by atoms with Gasteiger partial charge in [-0.15, -0.1) is 11.3 Å². The Morgan fingerprint density at radius 2 is 1.38 bits per heavy atom. The molecule has 11 heteroatoms. The summed E-state index contributed by atoms with van der Waals surface area (Å²) in [7, 11) is -3.21. The van der Waals surface area contributed by atoms with E-state index in [0.29, 0.717) is 10.8 Å². The number of nitrogens with zero attached hydrogens (tertiary/aromatic N) is 2. The lowest BCUT2D eigenvalue weighted by Gasteiger charge is -2.36. The molecule has 236 valence electrons. The molecule has 0 saturated carbocycles. The molecule has 0 spiro atoms. The zero-order valence-electron chi connectivity index (χ0n) is 25.6. The van der Waals surface area contributed by atoms with Crippen LogP contribution in [-0.4, -0.2) is 49.3 Å². The third-order valence-corrected chi connectivity index (χ3v) is 9.32. The number of oxime groups is 1. The zero-order chi connectivity index (χ0) is 32.0. The van der Waals surface area contributed by atoms with Crippen LogP contribution in [-0.2, 0) is 33.5 Å². The highest BCUT2D eigenvalue weighted by molar-refractivity contribution is 7.54. The molecule has 0 radical (unpaired) electrons. The zero-order valence-corrected chi connectivity index (χ0v) is 27.3. The van der Waals surface area contributed by atoms with Crippen molar-refractivity contribution in [2.75, 3.05) is 37.9 Å². The maximum atomic E-state index is 12.9. The average Bonchev–Trinajstić information content (AvgIpc) is 3.52. The average molecular weight is 648 g/mol. The number of rotatable bonds is 17. The third kappa shape index (κ3) is 8.77. The Balaban J connectivity index is 1.63. The van der Waals surface area contributed by atoms with E-state index in [4.69, 9.17) is 23.6 Å². The Hall–Kier alpha value is -4.08. The first-order valence-electron chi connectivity index (χ1n) is 14.8. The van der Waals surface area contributed by atoms with Crippen molar-refractivity contribution in [1.29, 1.82) is 0 Å². The standard InChI is InChI=1S/C34H38N3O6PS/c1-4-40-32(38)31(37-41-24-16-17-25-44(39,42-5-2)43-6-3)30-26-45-33(35-30)36-34(27-18-10-7-11-19-27,28-20-12-8-13-21-28)29-22-14-9-15-23-29/h7-23,26H,4-6,24-25H2,1-3H3,(H,35,36)/b17-16+,37-31-. The molecule has 45 heavy (non-hydrogen) atoms. The summed E-state index contributed by atoms with van der Waals surface area (Å²) >= 11 is 1.34. The SMILES string of the molecule is CCOC(=O)/C(=N\OC/C=C/CP(=O)(OCC)OCC)c1csc(NC(c2ccccc2)(c2ccccc2)c2ccccc2)n1. The smallest absolute Gasteiger partial charge is 0.362 e. The van der Waals surface area contributed by atoms with Crippen molar-refractivity contribution in [3.63, 3.8) is 0 Å². The number of allylic oxidation sites excluding steroid dienone is 1. The summed E-state index contributed by atoms with van der Waals surface area (Å²) in [4.78, 5) is 23.1. The molecule has 0 unspecified atom stereocenters. The van der Waals surface area contributed by atoms with Crippen LogP contribution >= 0.6 is 18.9 Å². The second kappa shape index (κ2) is 16.8. The van der Waals surface area contributed by atoms with Gasteiger partial charge >= 0.3 is 13.6 Å². The molecule has 0 bridgehead atoms. The van der Waals surface area contributed by atoms with Gasteiger partial charge in [-0.1, -0.05) is 102 Å². The molecule has 0 amide bonds. The Kier molecular flexibility index (Phi) is 12.7. The maximum absolute atomic E-state index is 12.9. The van der Waals surface area contributed by atoms with E-state index in [1.807, 2.05) is 54.6 Å². The molecule has 1 aromatic heterocycles. The van der Waals surface area contributed by atoms with E-state index in [2.05, 4.69) is 46.9 Å². The number of carbonyl (C=O) groups is 1. The fraction of sp³-hybridized carbons (Fsp3) is 0.265. The fourth-order valence-electron chi connectivity index (χ4n) is 4.72. The molecule has 0 saturated heterocycles. The highest BCUT2D eigenvalue weighted by Crippen LogP contribution is 2.47. The molecule has 3 aromatic carbocycles. The van der Waals surface area contributed by atoms with Crippen LogP contribution in [0, 0.1) is 0 Å². The maximum Gasteiger partial charge on any atom is 0.362 e. The first-order valence-corrected chi connectivity index (χ1v) is 17.4. The third-order valence-electron chi connectivity index (χ3n) is 6.60. The lowest BCUT2D eigenvalue weighted by atomic mass is 9.77. The van der Waals surface area contributed by atoms with Crippen molar-refractivity contribution in [3.05, 3.63) is 131 Å². The molecule has 1 heterocycles. The van der Waals surface area contributed by atoms with Crippen molar-refractivity contribution >= 4 is 35.7 Å². The van der Waals surface area contributed by atoms with Crippen molar-refractivity contribution in [2.24, 2.45) is 5.16 Å². The molecular formula is C34H38N3O6PS. The van der Waals surface area contributed by atoms with Crippen molar-refractivity contribution in [1.82, 2.24) is 4.98 Å². The van der Waals surface area contributed by atoms with Crippen LogP contribution in [0.2, 0.25) is 0 Å². The van der Waals surface area contributed by atoms with E-state index < -0.39 is 19.1 Å². The number of esters is 1. The van der Waals surface area contributed by atoms with Gasteiger partial charge in [-0.25, -0.2) is 9.78 Å². The molecule has 4 aromatic rings. The Morgan fingerprint density at radius 1 is 0.844 bits per heavy atom. The van der Waals surface area contributed by atoms with Gasteiger partial charge in [-0.2, -0.15) is 0 Å². The van der Waals surface area contributed by atoms with Gasteiger partial charge in [0.2, 0.25) is 5.71 Å². The molecule has 1 N–H and O–H groups in total. The Morgan fingerprint density at radius 3 is 1.87 bits per heavy atom. The number of hydrogen-bond donors (Lipinski definition) is 1. The molecule has 0 fully saturated rings. The topological polar surface area (TPSA) is 108 Å². The summed E-state index contributed by atoms with van der Waals surface area (Å²) < 4.78 is 28.5. The highest BCUT2D eigenvalue weighted by atomic mass is 32.1. The Bertz CT molecular complexity index is 1490. The van der Waals surface area contributed by atoms with Crippen LogP contribution < -0.4 is 5.32 Å². The van der Waals surface area contributed by atoms with E-state index >= 15 is 0 Å². The predicted octanol–water partition coefficient (Wildman–Crippen LogP) is 7.65. The van der Waals surface area contributed by atoms with E-state index in [9.17, 15) is 9.36 Å². The second-order valence-electron chi connectivity index (χ2n) is 9.57. The quantitative estimate of drug-likeness (QED) is 0.0237. The molecule has 0 aliphatic carbocycles. The number of carbonyl (C=O) groups excluding carboxylic acids is 1. The Labute approximate surface area is 268 Å². The summed E-state index contributed by atoms with van der Waals surface area (Å²) in [5.74, 6) is -0.657. The highest BCUT2D eigenvalue weighted by Gasteiger charge is 2.37. The van der Waals surface area contributed by atoms with Crippen molar-refractivity contribution in [2.45, 2.75) is 26.3 Å². The minimum absolute atomic E-state index is 0.0233. The van der Waals surface area contributed by atoms with Gasteiger partial charge in [0.05, 0.1) is 26.0 Å². The summed E-state index contributed by atoms with van der Waals surface area (Å²) in [6, 6.07) is 30.5. The number of thiazole rings is 1. The summed E-state index contributed by atoms with van der Waals surface area (Å²) in [5.41, 5.74) is 2.52. The van der Waals surface area contributed by atoms with Gasteiger partial charge in [0.15, 0.2) is 5.13 Å². The van der Waals surface area contributed by atoms with Crippen LogP contribution in [0.25, 0.3) is 0 Å². The lowest BCUT2D eigenvalue weighted by molar-refractivity contribution is -0.135. The molecule has 0 aliphatic rings. The molecule has 0 aliphatic heterocycles. The molecular weight excluding hydrogens is 609 g/mol. The van der Waals surface area contributed by atoms with E-state index in [1.165, 1.54) is 11.3 Å². The first kappa shape index (κ1) is 33.8. The van der Waals surface area contributed by atoms with Crippen molar-refractivity contribution < 1.29 is 28.0 Å². The van der Waals surface area contributed by atoms with Gasteiger partial charge in [-0.05, 0) is 43.5 Å². The monoisotopic (exact) mass is 647 g/mol. The number of anilines is 1. The number of ether oxygens (including phenoxy) is 1. The lowest BCUT2D eigenvalue weighted by Crippen LogP contribution is -2.38. The number of hydrogen-bond acceptors (Lipinski definition) is 10. The van der Waals surface area contributed by atoms with Crippen LogP contribution in [0.4, 0.5) is 5.13 Å². The summed E-state index contributed by atoms with van der Waals surface area (Å²) in [6.45, 7) is 5.98. The number of nitrogens with one attached hydrogen (secondary N) is 1. The van der Waals surface area contributed by atoms with Crippen LogP contribution in [0.1, 0.15) is 43.2 Å². The van der Waals surface area contributed by atoms with Gasteiger partial charge in [0.25, 0.3) is 0 Å². The van der Waals surface area contributed by atoms with E-state index in [1.54, 1.807) is 38.3 Å². The normalized spacial score (nSPS) is 12.3. The van der Waals surface area contributed by atoms with Crippen molar-refractivity contribution in [3.8, 4) is 0 Å². The van der Waals surface area contributed by atoms with Gasteiger partial charge in [0.1, 0.15) is 17.8 Å². The summed E-state index contributed by atoms with van der Waals surface area (Å²) in [5, 5.41) is 10.1. The molecule has 9 nitrogen and oxygen atoms in total. The largest absolute Gasteiger partial charge is 0.461 e. The minimum atomic E-state index is -3.21. The fourth-order valence-corrected chi connectivity index (χ4v) is 6.95. The first-order chi connectivity index (χ1) is 22.0. The number of aromatic nitrogens is 1. The predicted molar refractivity (Wildman–Crippen MR) is 179 cm³/mol. The minimum Gasteiger partial charge on any atom is -0.461 e. The van der Waals surface area contributed by atoms with Gasteiger partial charge < -0.3 is 23.9 Å². The van der Waals surface area contributed by atoms with Crippen LogP contribution in [0.5, 0.6) is 0 Å². The number of benzene rings is 3. The molecule has 0 atom stereocenters. The van der Waals surface area contributed by atoms with E-state index in [0.717, 1.165) is 16.7 Å².